The zero-order chi connectivity index (χ0) is 52.0. The van der Waals surface area contributed by atoms with Gasteiger partial charge < -0.3 is 49.8 Å². The number of anilines is 2. The van der Waals surface area contributed by atoms with Crippen molar-refractivity contribution in [2.24, 2.45) is 0 Å². The summed E-state index contributed by atoms with van der Waals surface area (Å²) in [7, 11) is 2.00. The first kappa shape index (κ1) is 55.7. The Morgan fingerprint density at radius 3 is 1.53 bits per heavy atom. The molecular weight excluding hydrogens is 1010 g/mol. The number of ether oxygens (including phenoxy) is 4. The van der Waals surface area contributed by atoms with Crippen molar-refractivity contribution in [2.75, 3.05) is 90.7 Å². The van der Waals surface area contributed by atoms with Crippen LogP contribution in [0.2, 0.25) is 0 Å². The van der Waals surface area contributed by atoms with Gasteiger partial charge in [0.15, 0.2) is 0 Å². The van der Waals surface area contributed by atoms with E-state index < -0.39 is 7.12 Å². The molecule has 0 unspecified atom stereocenters. The number of hydrogen-bond acceptors (Lipinski definition) is 16. The molecule has 4 aromatic heterocycles. The molecule has 2 aromatic carbocycles. The lowest BCUT2D eigenvalue weighted by molar-refractivity contribution is 0.0341. The molecule has 18 nitrogen and oxygen atoms in total. The molecule has 4 aliphatic rings. The standard InChI is InChI=1S/C27H37N5O3.C16H23BrN4O2.C11H16BNO3/c1-19(18-34-2)29-27-28-16-26-24(15-25(32(26)30-27)22-7-9-23(33)10-8-22)21-5-3-20(4-6-21)17-31-11-13-35-14-12-31;1-10(9-23-2)19-16-18-8-15-13(17)7-14(21(15)20-16)11-3-5-12(22)6-4-11;14-12(15)11-3-1-10(2-4-11)9-13-5-7-16-8-6-13/h3-6,15-16,19,22-23,33H,7-14,17-18H2,1-2H3,(H,29,30);7-8,10-12,22H,3-6,9H2,1-2H3,(H,19,20);1-4,14-15H,5-9H2/t19-,22?,23?;10-,11?,12?;/m00./s1. The Balaban J connectivity index is 0.000000160. The Labute approximate surface area is 444 Å². The number of aliphatic hydroxyl groups is 2. The number of aliphatic hydroxyl groups excluding tert-OH is 2. The van der Waals surface area contributed by atoms with E-state index in [1.165, 1.54) is 28.1 Å². The molecule has 20 heteroatoms. The number of morpholine rings is 2. The molecule has 4 fully saturated rings. The van der Waals surface area contributed by atoms with Gasteiger partial charge in [-0.3, -0.25) is 9.80 Å². The van der Waals surface area contributed by atoms with Crippen molar-refractivity contribution < 1.29 is 39.2 Å². The van der Waals surface area contributed by atoms with Gasteiger partial charge >= 0.3 is 7.12 Å². The Morgan fingerprint density at radius 2 is 1.07 bits per heavy atom. The lowest BCUT2D eigenvalue weighted by Gasteiger charge is -2.26. The third-order valence-electron chi connectivity index (χ3n) is 14.4. The van der Waals surface area contributed by atoms with Crippen molar-refractivity contribution in [1.82, 2.24) is 39.0 Å². The van der Waals surface area contributed by atoms with Crippen LogP contribution in [0.25, 0.3) is 22.2 Å². The van der Waals surface area contributed by atoms with Crippen molar-refractivity contribution >= 4 is 51.4 Å². The molecule has 0 amide bonds. The van der Waals surface area contributed by atoms with Crippen molar-refractivity contribution in [3.8, 4) is 11.1 Å². The van der Waals surface area contributed by atoms with Crippen molar-refractivity contribution in [3.63, 3.8) is 0 Å². The summed E-state index contributed by atoms with van der Waals surface area (Å²) in [6, 6.07) is 20.9. The van der Waals surface area contributed by atoms with Gasteiger partial charge in [0, 0.05) is 98.8 Å². The van der Waals surface area contributed by atoms with E-state index in [-0.39, 0.29) is 24.3 Å². The highest BCUT2D eigenvalue weighted by molar-refractivity contribution is 9.10. The first-order valence-corrected chi connectivity index (χ1v) is 27.2. The molecule has 0 bridgehead atoms. The topological polar surface area (TPSA) is 209 Å². The van der Waals surface area contributed by atoms with Crippen LogP contribution in [0.1, 0.15) is 99.6 Å². The molecule has 400 valence electrons. The van der Waals surface area contributed by atoms with Gasteiger partial charge in [-0.1, -0.05) is 48.5 Å². The van der Waals surface area contributed by atoms with Gasteiger partial charge in [0.05, 0.1) is 75.3 Å². The molecule has 6 heterocycles. The average Bonchev–Trinajstić information content (AvgIpc) is 3.95. The van der Waals surface area contributed by atoms with Crippen LogP contribution in [0.4, 0.5) is 11.9 Å². The van der Waals surface area contributed by atoms with Crippen molar-refractivity contribution in [1.29, 1.82) is 0 Å². The van der Waals surface area contributed by atoms with Crippen molar-refractivity contribution in [2.45, 2.75) is 114 Å². The van der Waals surface area contributed by atoms with E-state index in [1.54, 1.807) is 26.4 Å². The normalized spacial score (nSPS) is 21.5. The van der Waals surface area contributed by atoms with Gasteiger partial charge in [0.25, 0.3) is 0 Å². The number of halogens is 1. The Morgan fingerprint density at radius 1 is 0.635 bits per heavy atom. The highest BCUT2D eigenvalue weighted by Crippen LogP contribution is 2.39. The molecule has 0 radical (unpaired) electrons. The summed E-state index contributed by atoms with van der Waals surface area (Å²) in [5.74, 6) is 2.00. The third kappa shape index (κ3) is 15.3. The maximum atomic E-state index is 10.0. The number of fused-ring (bicyclic) bond motifs is 2. The Hall–Kier alpha value is -4.58. The van der Waals surface area contributed by atoms with Crippen LogP contribution in [0.15, 0.2) is 77.5 Å². The lowest BCUT2D eigenvalue weighted by atomic mass is 9.80. The monoisotopic (exact) mass is 1080 g/mol. The highest BCUT2D eigenvalue weighted by Gasteiger charge is 2.27. The Bertz CT molecular complexity index is 2630. The molecule has 6 aromatic rings. The number of rotatable bonds is 16. The number of nitrogens with one attached hydrogen (secondary N) is 2. The van der Waals surface area contributed by atoms with Crippen LogP contribution in [-0.2, 0) is 32.0 Å². The molecule has 0 spiro atoms. The van der Waals surface area contributed by atoms with Gasteiger partial charge in [-0.05, 0) is 115 Å². The number of hydrogen-bond donors (Lipinski definition) is 6. The predicted molar refractivity (Wildman–Crippen MR) is 292 cm³/mol. The van der Waals surface area contributed by atoms with E-state index in [4.69, 9.17) is 34.1 Å². The van der Waals surface area contributed by atoms with Crippen LogP contribution >= 0.6 is 15.9 Å². The van der Waals surface area contributed by atoms with Gasteiger partial charge in [-0.25, -0.2) is 19.0 Å². The Kier molecular flexibility index (Phi) is 20.7. The van der Waals surface area contributed by atoms with E-state index in [0.29, 0.717) is 42.4 Å². The number of methoxy groups -OCH3 is 2. The minimum Gasteiger partial charge on any atom is -0.423 e. The minimum atomic E-state index is -1.38. The smallest absolute Gasteiger partial charge is 0.423 e. The van der Waals surface area contributed by atoms with Gasteiger partial charge in [0.2, 0.25) is 11.9 Å². The number of benzene rings is 2. The van der Waals surface area contributed by atoms with Gasteiger partial charge in [-0.15, -0.1) is 10.2 Å². The second-order valence-electron chi connectivity index (χ2n) is 20.3. The van der Waals surface area contributed by atoms with Crippen molar-refractivity contribution in [3.05, 3.63) is 100 Å². The summed E-state index contributed by atoms with van der Waals surface area (Å²) < 4.78 is 26.2. The largest absolute Gasteiger partial charge is 0.488 e. The van der Waals surface area contributed by atoms with E-state index in [9.17, 15) is 10.2 Å². The maximum Gasteiger partial charge on any atom is 0.488 e. The van der Waals surface area contributed by atoms with Crippen LogP contribution in [0, 0.1) is 0 Å². The summed E-state index contributed by atoms with van der Waals surface area (Å²) in [4.78, 5) is 13.8. The minimum absolute atomic E-state index is 0.111. The maximum absolute atomic E-state index is 10.0. The highest BCUT2D eigenvalue weighted by atomic mass is 79.9. The molecule has 2 saturated heterocycles. The third-order valence-corrected chi connectivity index (χ3v) is 15.1. The van der Waals surface area contributed by atoms with Gasteiger partial charge in [-0.2, -0.15) is 0 Å². The molecule has 2 aliphatic heterocycles. The summed E-state index contributed by atoms with van der Waals surface area (Å²) in [5.41, 5.74) is 9.72. The summed E-state index contributed by atoms with van der Waals surface area (Å²) in [5, 5.41) is 53.8. The van der Waals surface area contributed by atoms with Crippen LogP contribution in [0.5, 0.6) is 0 Å². The fraction of sp³-hybridized carbons (Fsp3) is 0.556. The number of nitrogens with zero attached hydrogens (tertiary/aromatic N) is 8. The van der Waals surface area contributed by atoms with E-state index in [0.717, 1.165) is 138 Å². The molecule has 2 atom stereocenters. The van der Waals surface area contributed by atoms with Crippen LogP contribution in [-0.4, -0.2) is 171 Å². The van der Waals surface area contributed by atoms with Crippen LogP contribution in [0.3, 0.4) is 0 Å². The fourth-order valence-electron chi connectivity index (χ4n) is 10.3. The van der Waals surface area contributed by atoms with Gasteiger partial charge in [0.1, 0.15) is 0 Å². The zero-order valence-corrected chi connectivity index (χ0v) is 45.1. The summed E-state index contributed by atoms with van der Waals surface area (Å²) in [6.45, 7) is 14.3. The average molecular weight is 1080 g/mol. The second kappa shape index (κ2) is 27.5. The fourth-order valence-corrected chi connectivity index (χ4v) is 10.8. The molecule has 2 saturated carbocycles. The summed E-state index contributed by atoms with van der Waals surface area (Å²) in [6.07, 6.45) is 10.7. The quantitative estimate of drug-likeness (QED) is 0.0629. The molecule has 74 heavy (non-hydrogen) atoms. The van der Waals surface area contributed by atoms with Crippen LogP contribution < -0.4 is 16.1 Å². The van der Waals surface area contributed by atoms with E-state index in [1.807, 2.05) is 36.0 Å². The number of aromatic nitrogens is 6. The summed E-state index contributed by atoms with van der Waals surface area (Å²) >= 11 is 3.61. The predicted octanol–water partition coefficient (Wildman–Crippen LogP) is 5.85. The SMILES string of the molecule is COC[C@H](C)Nc1ncc2c(-c3ccc(CN4CCOCC4)cc3)cc(C3CCC(O)CC3)n2n1.COC[C@H](C)Nc1ncc2c(Br)cc(C3CCC(O)CC3)n2n1.OB(O)c1ccc(CN2CCOCC2)cc1. The van der Waals surface area contributed by atoms with E-state index in [2.05, 4.69) is 99.3 Å². The zero-order valence-electron chi connectivity index (χ0n) is 43.5. The van der Waals surface area contributed by atoms with E-state index >= 15 is 0 Å². The first-order valence-electron chi connectivity index (χ1n) is 26.4. The molecule has 6 N–H and O–H groups in total. The lowest BCUT2D eigenvalue weighted by Crippen LogP contribution is -2.36. The molecule has 2 aliphatic carbocycles. The second-order valence-corrected chi connectivity index (χ2v) is 21.1. The molecular formula is C54H76BBrN10O8. The molecule has 10 rings (SSSR count). The first-order chi connectivity index (χ1) is 35.9.